The van der Waals surface area contributed by atoms with Crippen molar-refractivity contribution in [2.24, 2.45) is 5.14 Å². The van der Waals surface area contributed by atoms with Crippen LogP contribution in [-0.2, 0) is 15.7 Å². The van der Waals surface area contributed by atoms with Gasteiger partial charge >= 0.3 is 0 Å². The van der Waals surface area contributed by atoms with Crippen molar-refractivity contribution in [1.29, 1.82) is 0 Å². The Bertz CT molecular complexity index is 475. The lowest BCUT2D eigenvalue weighted by atomic mass is 10.0. The van der Waals surface area contributed by atoms with E-state index >= 15 is 0 Å². The van der Waals surface area contributed by atoms with Crippen LogP contribution in [0.4, 0.5) is 4.39 Å². The SMILES string of the molecule is CC(C(C)(F)c1ncc(Br)cn1)S(N)(=O)=O. The summed E-state index contributed by atoms with van der Waals surface area (Å²) in [6.45, 7) is 2.27. The Balaban J connectivity index is 3.16. The zero-order valence-corrected chi connectivity index (χ0v) is 11.1. The van der Waals surface area contributed by atoms with Gasteiger partial charge in [0.15, 0.2) is 11.5 Å². The number of aromatic nitrogens is 2. The molecule has 0 aliphatic heterocycles. The van der Waals surface area contributed by atoms with Gasteiger partial charge in [0.1, 0.15) is 5.25 Å². The summed E-state index contributed by atoms with van der Waals surface area (Å²) in [6.07, 6.45) is 2.69. The summed E-state index contributed by atoms with van der Waals surface area (Å²) in [5.74, 6) is -0.211. The lowest BCUT2D eigenvalue weighted by Gasteiger charge is -2.24. The highest BCUT2D eigenvalue weighted by atomic mass is 79.9. The first-order chi connectivity index (χ1) is 7.15. The predicted molar refractivity (Wildman–Crippen MR) is 60.8 cm³/mol. The van der Waals surface area contributed by atoms with Crippen LogP contribution in [0.3, 0.4) is 0 Å². The van der Waals surface area contributed by atoms with Gasteiger partial charge in [-0.25, -0.2) is 27.9 Å². The average Bonchev–Trinajstić information content (AvgIpc) is 2.16. The highest BCUT2D eigenvalue weighted by molar-refractivity contribution is 9.10. The van der Waals surface area contributed by atoms with Crippen molar-refractivity contribution in [1.82, 2.24) is 9.97 Å². The third-order valence-electron chi connectivity index (χ3n) is 2.31. The molecule has 0 saturated carbocycles. The van der Waals surface area contributed by atoms with Crippen molar-refractivity contribution < 1.29 is 12.8 Å². The van der Waals surface area contributed by atoms with E-state index in [0.29, 0.717) is 4.47 Å². The van der Waals surface area contributed by atoms with Crippen molar-refractivity contribution in [3.63, 3.8) is 0 Å². The predicted octanol–water partition coefficient (Wildman–Crippen LogP) is 1.10. The van der Waals surface area contributed by atoms with Gasteiger partial charge < -0.3 is 0 Å². The van der Waals surface area contributed by atoms with E-state index in [-0.39, 0.29) is 5.82 Å². The molecule has 1 aromatic heterocycles. The number of alkyl halides is 1. The molecule has 2 atom stereocenters. The Morgan fingerprint density at radius 1 is 1.50 bits per heavy atom. The molecule has 0 spiro atoms. The maximum absolute atomic E-state index is 14.2. The van der Waals surface area contributed by atoms with Gasteiger partial charge in [-0.3, -0.25) is 0 Å². The fourth-order valence-corrected chi connectivity index (χ4v) is 1.98. The summed E-state index contributed by atoms with van der Waals surface area (Å²) >= 11 is 3.10. The number of sulfonamides is 1. The van der Waals surface area contributed by atoms with Gasteiger partial charge in [0, 0.05) is 12.4 Å². The quantitative estimate of drug-likeness (QED) is 0.905. The van der Waals surface area contributed by atoms with Crippen LogP contribution >= 0.6 is 15.9 Å². The van der Waals surface area contributed by atoms with Crippen LogP contribution in [0.2, 0.25) is 0 Å². The maximum atomic E-state index is 14.2. The first-order valence-corrected chi connectivity index (χ1v) is 6.74. The Morgan fingerprint density at radius 3 is 2.31 bits per heavy atom. The number of hydrogen-bond donors (Lipinski definition) is 1. The van der Waals surface area contributed by atoms with Gasteiger partial charge in [0.05, 0.1) is 4.47 Å². The Morgan fingerprint density at radius 2 is 1.94 bits per heavy atom. The highest BCUT2D eigenvalue weighted by Crippen LogP contribution is 2.29. The van der Waals surface area contributed by atoms with E-state index in [1.807, 2.05) is 0 Å². The summed E-state index contributed by atoms with van der Waals surface area (Å²) in [7, 11) is -3.99. The Hall–Kier alpha value is -0.600. The van der Waals surface area contributed by atoms with Crippen LogP contribution in [0, 0.1) is 0 Å². The maximum Gasteiger partial charge on any atom is 0.215 e. The van der Waals surface area contributed by atoms with E-state index in [1.165, 1.54) is 19.3 Å². The molecule has 1 rings (SSSR count). The molecule has 0 fully saturated rings. The van der Waals surface area contributed by atoms with E-state index in [2.05, 4.69) is 25.9 Å². The molecular formula is C8H11BrFN3O2S. The summed E-state index contributed by atoms with van der Waals surface area (Å²) in [6, 6.07) is 0. The minimum absolute atomic E-state index is 0.211. The fraction of sp³-hybridized carbons (Fsp3) is 0.500. The van der Waals surface area contributed by atoms with Crippen molar-refractivity contribution in [2.45, 2.75) is 24.8 Å². The van der Waals surface area contributed by atoms with Crippen molar-refractivity contribution in [2.75, 3.05) is 0 Å². The smallest absolute Gasteiger partial charge is 0.215 e. The molecule has 0 radical (unpaired) electrons. The molecule has 1 aromatic rings. The number of rotatable bonds is 3. The molecule has 90 valence electrons. The third kappa shape index (κ3) is 2.74. The van der Waals surface area contributed by atoms with E-state index in [9.17, 15) is 12.8 Å². The molecule has 0 aliphatic rings. The van der Waals surface area contributed by atoms with Gasteiger partial charge in [-0.1, -0.05) is 0 Å². The monoisotopic (exact) mass is 311 g/mol. The highest BCUT2D eigenvalue weighted by Gasteiger charge is 2.42. The zero-order chi connectivity index (χ0) is 12.6. The van der Waals surface area contributed by atoms with Crippen LogP contribution in [0.1, 0.15) is 19.7 Å². The summed E-state index contributed by atoms with van der Waals surface area (Å²) in [5.41, 5.74) is -2.23. The van der Waals surface area contributed by atoms with Crippen LogP contribution in [0.5, 0.6) is 0 Å². The van der Waals surface area contributed by atoms with Crippen molar-refractivity contribution >= 4 is 26.0 Å². The first kappa shape index (κ1) is 13.5. The molecule has 2 unspecified atom stereocenters. The lowest BCUT2D eigenvalue weighted by molar-refractivity contribution is 0.174. The second-order valence-corrected chi connectivity index (χ2v) is 6.33. The van der Waals surface area contributed by atoms with Gasteiger partial charge in [0.25, 0.3) is 0 Å². The van der Waals surface area contributed by atoms with Gasteiger partial charge in [0.2, 0.25) is 10.0 Å². The molecule has 0 aliphatic carbocycles. The minimum Gasteiger partial charge on any atom is -0.237 e. The number of nitrogens with two attached hydrogens (primary N) is 1. The van der Waals surface area contributed by atoms with E-state index in [4.69, 9.17) is 5.14 Å². The van der Waals surface area contributed by atoms with Crippen LogP contribution in [0.25, 0.3) is 0 Å². The molecule has 16 heavy (non-hydrogen) atoms. The second-order valence-electron chi connectivity index (χ2n) is 3.53. The fourth-order valence-electron chi connectivity index (χ4n) is 1.06. The van der Waals surface area contributed by atoms with E-state index in [0.717, 1.165) is 6.92 Å². The lowest BCUT2D eigenvalue weighted by Crippen LogP contribution is -2.41. The Kier molecular flexibility index (Phi) is 3.65. The molecule has 8 heteroatoms. The van der Waals surface area contributed by atoms with Gasteiger partial charge in [-0.2, -0.15) is 0 Å². The second kappa shape index (κ2) is 4.34. The zero-order valence-electron chi connectivity index (χ0n) is 8.68. The van der Waals surface area contributed by atoms with E-state index in [1.54, 1.807) is 0 Å². The molecular weight excluding hydrogens is 301 g/mol. The largest absolute Gasteiger partial charge is 0.237 e. The molecule has 1 heterocycles. The number of halogens is 2. The Labute approximate surface area is 101 Å². The molecule has 0 aromatic carbocycles. The van der Waals surface area contributed by atoms with Crippen molar-refractivity contribution in [3.05, 3.63) is 22.7 Å². The molecule has 0 saturated heterocycles. The van der Waals surface area contributed by atoms with Gasteiger partial charge in [-0.05, 0) is 29.8 Å². The summed E-state index contributed by atoms with van der Waals surface area (Å²) in [5, 5.41) is 3.48. The van der Waals surface area contributed by atoms with E-state index < -0.39 is 20.9 Å². The van der Waals surface area contributed by atoms with Crippen LogP contribution < -0.4 is 5.14 Å². The number of primary sulfonamides is 1. The number of nitrogens with zero attached hydrogens (tertiary/aromatic N) is 2. The molecule has 0 bridgehead atoms. The summed E-state index contributed by atoms with van der Waals surface area (Å²) in [4.78, 5) is 7.46. The molecule has 5 nitrogen and oxygen atoms in total. The average molecular weight is 312 g/mol. The molecule has 2 N–H and O–H groups in total. The van der Waals surface area contributed by atoms with Crippen LogP contribution in [0.15, 0.2) is 16.9 Å². The standard InChI is InChI=1S/C8H11BrFN3O2S/c1-5(16(11,14)15)8(2,10)7-12-3-6(9)4-13-7/h3-5H,1-2H3,(H2,11,14,15). The topological polar surface area (TPSA) is 85.9 Å². The number of hydrogen-bond acceptors (Lipinski definition) is 4. The van der Waals surface area contributed by atoms with Crippen molar-refractivity contribution in [3.8, 4) is 0 Å². The first-order valence-electron chi connectivity index (χ1n) is 4.34. The summed E-state index contributed by atoms with van der Waals surface area (Å²) < 4.78 is 37.0. The normalized spacial score (nSPS) is 17.8. The van der Waals surface area contributed by atoms with Crippen LogP contribution in [-0.4, -0.2) is 23.6 Å². The minimum atomic E-state index is -3.99. The van der Waals surface area contributed by atoms with Gasteiger partial charge in [-0.15, -0.1) is 0 Å². The molecule has 0 amide bonds. The third-order valence-corrected chi connectivity index (χ3v) is 4.15.